The van der Waals surface area contributed by atoms with Crippen LogP contribution in [0.15, 0.2) is 6.33 Å². The smallest absolute Gasteiger partial charge is 0.390 e. The molecule has 11 heteroatoms. The lowest BCUT2D eigenvalue weighted by Crippen LogP contribution is -2.21. The molecule has 0 aromatic carbocycles. The second kappa shape index (κ2) is 5.89. The molecule has 0 bridgehead atoms. The molecular formula is C11H12N6O4S. The number of thiophene rings is 1. The molecule has 2 amide bonds. The van der Waals surface area contributed by atoms with Gasteiger partial charge in [-0.3, -0.25) is 9.59 Å². The van der Waals surface area contributed by atoms with Crippen molar-refractivity contribution in [1.82, 2.24) is 14.8 Å². The molecule has 0 radical (unpaired) electrons. The topological polar surface area (TPSA) is 146 Å². The number of hydrogen-bond acceptors (Lipinski definition) is 7. The van der Waals surface area contributed by atoms with Crippen molar-refractivity contribution >= 4 is 34.1 Å². The van der Waals surface area contributed by atoms with Gasteiger partial charge < -0.3 is 21.2 Å². The average molecular weight is 324 g/mol. The second-order valence-corrected chi connectivity index (χ2v) is 5.62. The van der Waals surface area contributed by atoms with Crippen molar-refractivity contribution in [1.29, 1.82) is 0 Å². The van der Waals surface area contributed by atoms with Crippen LogP contribution >= 0.6 is 11.3 Å². The highest BCUT2D eigenvalue weighted by Crippen LogP contribution is 2.31. The van der Waals surface area contributed by atoms with Crippen LogP contribution in [0.25, 0.3) is 0 Å². The third-order valence-electron chi connectivity index (χ3n) is 2.88. The van der Waals surface area contributed by atoms with Crippen molar-refractivity contribution in [3.05, 3.63) is 32.4 Å². The molecule has 10 nitrogen and oxygen atoms in total. The van der Waals surface area contributed by atoms with E-state index in [0.717, 1.165) is 15.9 Å². The Morgan fingerprint density at radius 3 is 2.73 bits per heavy atom. The zero-order valence-electron chi connectivity index (χ0n) is 11.7. The fraction of sp³-hybridized carbons (Fsp3) is 0.273. The van der Waals surface area contributed by atoms with E-state index in [1.54, 1.807) is 6.92 Å². The largest absolute Gasteiger partial charge is 0.490 e. The van der Waals surface area contributed by atoms with Crippen molar-refractivity contribution in [3.63, 3.8) is 0 Å². The molecule has 0 spiro atoms. The third kappa shape index (κ3) is 3.09. The van der Waals surface area contributed by atoms with Gasteiger partial charge in [0.25, 0.3) is 5.91 Å². The predicted molar refractivity (Wildman–Crippen MR) is 77.6 cm³/mol. The van der Waals surface area contributed by atoms with Crippen molar-refractivity contribution in [2.75, 3.05) is 5.32 Å². The van der Waals surface area contributed by atoms with E-state index in [0.29, 0.717) is 10.6 Å². The van der Waals surface area contributed by atoms with Gasteiger partial charge in [-0.05, 0) is 24.3 Å². The molecule has 2 heterocycles. The Hall–Kier alpha value is -2.82. The van der Waals surface area contributed by atoms with E-state index in [2.05, 4.69) is 15.4 Å². The number of aryl methyl sites for hydroxylation is 1. The first-order valence-corrected chi connectivity index (χ1v) is 6.84. The molecule has 0 saturated heterocycles. The molecule has 2 aromatic rings. The van der Waals surface area contributed by atoms with Crippen LogP contribution in [0.5, 0.6) is 0 Å². The average Bonchev–Trinajstić information content (AvgIpc) is 2.95. The first-order chi connectivity index (χ1) is 10.3. The van der Waals surface area contributed by atoms with Gasteiger partial charge >= 0.3 is 5.95 Å². The normalized spacial score (nSPS) is 10.5. The summed E-state index contributed by atoms with van der Waals surface area (Å²) in [6, 6.07) is 0. The highest BCUT2D eigenvalue weighted by Gasteiger charge is 2.20. The molecule has 0 aliphatic carbocycles. The van der Waals surface area contributed by atoms with Crippen molar-refractivity contribution in [2.45, 2.75) is 20.4 Å². The molecule has 0 atom stereocenters. The fourth-order valence-electron chi connectivity index (χ4n) is 1.77. The van der Waals surface area contributed by atoms with Gasteiger partial charge in [0.15, 0.2) is 0 Å². The number of hydrogen-bond donors (Lipinski definition) is 2. The lowest BCUT2D eigenvalue weighted by Gasteiger charge is -2.03. The van der Waals surface area contributed by atoms with E-state index in [4.69, 9.17) is 5.73 Å². The Labute approximate surface area is 128 Å². The molecule has 0 aliphatic rings. The van der Waals surface area contributed by atoms with Crippen molar-refractivity contribution < 1.29 is 14.5 Å². The number of aromatic nitrogens is 3. The molecule has 22 heavy (non-hydrogen) atoms. The maximum atomic E-state index is 11.9. The van der Waals surface area contributed by atoms with Gasteiger partial charge in [-0.1, -0.05) is 4.98 Å². The van der Waals surface area contributed by atoms with Crippen LogP contribution in [-0.2, 0) is 11.3 Å². The van der Waals surface area contributed by atoms with Crippen LogP contribution in [0.1, 0.15) is 20.8 Å². The fourth-order valence-corrected chi connectivity index (χ4v) is 2.85. The summed E-state index contributed by atoms with van der Waals surface area (Å²) in [5.74, 6) is -1.72. The summed E-state index contributed by atoms with van der Waals surface area (Å²) in [6.07, 6.45) is 1.08. The lowest BCUT2D eigenvalue weighted by molar-refractivity contribution is -0.394. The van der Waals surface area contributed by atoms with Gasteiger partial charge in [0, 0.05) is 9.98 Å². The number of carbonyl (C=O) groups is 2. The van der Waals surface area contributed by atoms with E-state index in [1.165, 1.54) is 11.3 Å². The summed E-state index contributed by atoms with van der Waals surface area (Å²) >= 11 is 1.23. The third-order valence-corrected chi connectivity index (χ3v) is 4.00. The van der Waals surface area contributed by atoms with Crippen LogP contribution in [0.4, 0.5) is 10.9 Å². The maximum absolute atomic E-state index is 11.9. The first-order valence-electron chi connectivity index (χ1n) is 6.03. The summed E-state index contributed by atoms with van der Waals surface area (Å²) in [5, 5.41) is 16.9. The highest BCUT2D eigenvalue weighted by molar-refractivity contribution is 7.16. The molecule has 0 aliphatic heterocycles. The monoisotopic (exact) mass is 324 g/mol. The van der Waals surface area contributed by atoms with Crippen LogP contribution < -0.4 is 11.1 Å². The number of anilines is 1. The van der Waals surface area contributed by atoms with Crippen LogP contribution in [0.3, 0.4) is 0 Å². The number of nitro groups is 1. The molecule has 2 rings (SSSR count). The lowest BCUT2D eigenvalue weighted by atomic mass is 10.1. The number of nitrogens with zero attached hydrogens (tertiary/aromatic N) is 4. The van der Waals surface area contributed by atoms with Crippen LogP contribution in [0, 0.1) is 24.0 Å². The Kier molecular flexibility index (Phi) is 4.17. The Bertz CT molecular complexity index is 765. The van der Waals surface area contributed by atoms with Gasteiger partial charge in [0.2, 0.25) is 12.2 Å². The number of nitrogens with one attached hydrogen (secondary N) is 1. The van der Waals surface area contributed by atoms with E-state index in [-0.39, 0.29) is 12.1 Å². The first kappa shape index (κ1) is 15.6. The van der Waals surface area contributed by atoms with Gasteiger partial charge in [0.1, 0.15) is 11.5 Å². The number of nitrogens with two attached hydrogens (primary N) is 1. The standard InChI is InChI=1S/C11H12N6O4S/c1-5-6(2)22-10(8(5)9(12)19)14-7(18)3-16-4-13-11(15-16)17(20)21/h4H,3H2,1-2H3,(H2,12,19)(H,14,18). The van der Waals surface area contributed by atoms with Gasteiger partial charge in [0.05, 0.1) is 5.56 Å². The summed E-state index contributed by atoms with van der Waals surface area (Å²) in [7, 11) is 0. The number of carbonyl (C=O) groups excluding carboxylic acids is 2. The molecular weight excluding hydrogens is 312 g/mol. The summed E-state index contributed by atoms with van der Waals surface area (Å²) in [4.78, 5) is 37.4. The minimum absolute atomic E-state index is 0.264. The van der Waals surface area contributed by atoms with E-state index < -0.39 is 22.7 Å². The van der Waals surface area contributed by atoms with E-state index in [9.17, 15) is 19.7 Å². The highest BCUT2D eigenvalue weighted by atomic mass is 32.1. The van der Waals surface area contributed by atoms with Gasteiger partial charge in [-0.15, -0.1) is 11.3 Å². The number of primary amides is 1. The SMILES string of the molecule is Cc1sc(NC(=O)Cn2cnc([N+](=O)[O-])n2)c(C(N)=O)c1C. The second-order valence-electron chi connectivity index (χ2n) is 4.40. The minimum atomic E-state index is -0.758. The van der Waals surface area contributed by atoms with Crippen LogP contribution in [-0.4, -0.2) is 31.5 Å². The number of rotatable bonds is 5. The van der Waals surface area contributed by atoms with Crippen molar-refractivity contribution in [2.24, 2.45) is 5.73 Å². The van der Waals surface area contributed by atoms with E-state index in [1.807, 2.05) is 6.92 Å². The minimum Gasteiger partial charge on any atom is -0.390 e. The summed E-state index contributed by atoms with van der Waals surface area (Å²) in [5.41, 5.74) is 6.28. The molecule has 116 valence electrons. The summed E-state index contributed by atoms with van der Waals surface area (Å²) in [6.45, 7) is 3.28. The Morgan fingerprint density at radius 1 is 1.50 bits per heavy atom. The molecule has 3 N–H and O–H groups in total. The Morgan fingerprint density at radius 2 is 2.18 bits per heavy atom. The molecule has 2 aromatic heterocycles. The van der Waals surface area contributed by atoms with Crippen molar-refractivity contribution in [3.8, 4) is 0 Å². The zero-order valence-corrected chi connectivity index (χ0v) is 12.5. The summed E-state index contributed by atoms with van der Waals surface area (Å²) < 4.78 is 1.03. The number of amides is 2. The van der Waals surface area contributed by atoms with Gasteiger partial charge in [-0.25, -0.2) is 0 Å². The molecule has 0 unspecified atom stereocenters. The molecule has 0 saturated carbocycles. The Balaban J connectivity index is 2.13. The van der Waals surface area contributed by atoms with Gasteiger partial charge in [-0.2, -0.15) is 4.68 Å². The van der Waals surface area contributed by atoms with Crippen LogP contribution in [0.2, 0.25) is 0 Å². The zero-order chi connectivity index (χ0) is 16.4. The van der Waals surface area contributed by atoms with E-state index >= 15 is 0 Å². The molecule has 0 fully saturated rings. The quantitative estimate of drug-likeness (QED) is 0.608. The maximum Gasteiger partial charge on any atom is 0.490 e. The predicted octanol–water partition coefficient (Wildman–Crippen LogP) is 0.602.